The van der Waals surface area contributed by atoms with Crippen LogP contribution >= 0.6 is 0 Å². The first kappa shape index (κ1) is 27.9. The molecule has 1 heterocycles. The van der Waals surface area contributed by atoms with Crippen LogP contribution in [0.5, 0.6) is 28.7 Å². The number of primary amides is 1. The summed E-state index contributed by atoms with van der Waals surface area (Å²) in [5.74, 6) is -4.63. The Morgan fingerprint density at radius 3 is 2.13 bits per heavy atom. The van der Waals surface area contributed by atoms with E-state index in [1.165, 1.54) is 6.07 Å². The summed E-state index contributed by atoms with van der Waals surface area (Å²) >= 11 is 0. The number of anilines is 1. The van der Waals surface area contributed by atoms with Crippen LogP contribution in [0.4, 0.5) is 32.0 Å². The molecule has 0 aliphatic carbocycles. The molecule has 3 N–H and O–H groups in total. The molecule has 2 amide bonds. The largest absolute Gasteiger partial charge is 0.573 e. The number of halogens is 6. The Kier molecular flexibility index (Phi) is 7.88. The lowest BCUT2D eigenvalue weighted by Crippen LogP contribution is -2.17. The number of methoxy groups -OCH3 is 2. The number of rotatable bonds is 8. The second-order valence-electron chi connectivity index (χ2n) is 7.26. The molecule has 0 aliphatic rings. The van der Waals surface area contributed by atoms with Crippen molar-refractivity contribution in [1.82, 2.24) is 4.98 Å². The number of nitrogens with two attached hydrogens (primary N) is 1. The minimum Gasteiger partial charge on any atom is -0.496 e. The maximum absolute atomic E-state index is 13.7. The van der Waals surface area contributed by atoms with E-state index >= 15 is 0 Å². The summed E-state index contributed by atoms with van der Waals surface area (Å²) in [5.41, 5.74) is 3.21. The van der Waals surface area contributed by atoms with Crippen molar-refractivity contribution >= 4 is 17.5 Å². The van der Waals surface area contributed by atoms with E-state index in [4.69, 9.17) is 19.9 Å². The van der Waals surface area contributed by atoms with Gasteiger partial charge in [-0.2, -0.15) is 13.2 Å². The van der Waals surface area contributed by atoms with Gasteiger partial charge in [0.2, 0.25) is 0 Å². The number of carbonyl (C=O) groups excluding carboxylic acids is 2. The Hall–Kier alpha value is -4.69. The summed E-state index contributed by atoms with van der Waals surface area (Å²) in [4.78, 5) is 28.1. The average molecular weight is 545 g/mol. The number of alkyl halides is 6. The summed E-state index contributed by atoms with van der Waals surface area (Å²) < 4.78 is 97.8. The fourth-order valence-electron chi connectivity index (χ4n) is 3.10. The summed E-state index contributed by atoms with van der Waals surface area (Å²) in [6.07, 6.45) is -8.79. The van der Waals surface area contributed by atoms with Crippen LogP contribution < -0.4 is 30.0 Å². The first-order valence-corrected chi connectivity index (χ1v) is 10.2. The number of nitrogens with one attached hydrogen (secondary N) is 1. The molecule has 0 aliphatic heterocycles. The van der Waals surface area contributed by atoms with Gasteiger partial charge in [-0.3, -0.25) is 14.6 Å². The molecule has 38 heavy (non-hydrogen) atoms. The molecule has 0 radical (unpaired) electrons. The van der Waals surface area contributed by atoms with Gasteiger partial charge in [-0.1, -0.05) is 0 Å². The van der Waals surface area contributed by atoms with Gasteiger partial charge in [-0.25, -0.2) is 0 Å². The molecule has 3 rings (SSSR count). The molecule has 0 fully saturated rings. The molecule has 1 aromatic heterocycles. The third-order valence-electron chi connectivity index (χ3n) is 4.71. The lowest BCUT2D eigenvalue weighted by molar-refractivity contribution is -0.274. The zero-order valence-corrected chi connectivity index (χ0v) is 19.4. The molecular weight excluding hydrogens is 528 g/mol. The lowest BCUT2D eigenvalue weighted by Gasteiger charge is -2.19. The van der Waals surface area contributed by atoms with Crippen LogP contribution in [-0.2, 0) is 6.18 Å². The van der Waals surface area contributed by atoms with Crippen LogP contribution in [-0.4, -0.2) is 37.4 Å². The maximum Gasteiger partial charge on any atom is 0.573 e. The van der Waals surface area contributed by atoms with E-state index in [2.05, 4.69) is 15.0 Å². The zero-order chi connectivity index (χ0) is 28.3. The number of aromatic nitrogens is 1. The second kappa shape index (κ2) is 10.7. The maximum atomic E-state index is 13.7. The highest BCUT2D eigenvalue weighted by atomic mass is 19.4. The third kappa shape index (κ3) is 6.74. The Morgan fingerprint density at radius 2 is 1.55 bits per heavy atom. The molecule has 0 saturated carbocycles. The lowest BCUT2D eigenvalue weighted by atomic mass is 10.1. The molecular formula is C23H17F6N3O6. The molecule has 0 atom stereocenters. The van der Waals surface area contributed by atoms with E-state index < -0.39 is 52.7 Å². The van der Waals surface area contributed by atoms with Crippen molar-refractivity contribution < 1.29 is 54.9 Å². The highest BCUT2D eigenvalue weighted by Gasteiger charge is 2.37. The number of hydrogen-bond acceptors (Lipinski definition) is 7. The molecule has 202 valence electrons. The van der Waals surface area contributed by atoms with Crippen molar-refractivity contribution in [1.29, 1.82) is 0 Å². The number of nitrogens with zero attached hydrogens (tertiary/aromatic N) is 1. The Bertz CT molecular complexity index is 1360. The third-order valence-corrected chi connectivity index (χ3v) is 4.71. The van der Waals surface area contributed by atoms with E-state index in [1.54, 1.807) is 0 Å². The predicted molar refractivity (Wildman–Crippen MR) is 118 cm³/mol. The second-order valence-corrected chi connectivity index (χ2v) is 7.26. The number of pyridine rings is 1. The zero-order valence-electron chi connectivity index (χ0n) is 19.4. The van der Waals surface area contributed by atoms with Crippen molar-refractivity contribution in [3.63, 3.8) is 0 Å². The molecule has 0 bridgehead atoms. The Labute approximate surface area is 210 Å². The number of ether oxygens (including phenoxy) is 4. The van der Waals surface area contributed by atoms with Gasteiger partial charge in [-0.15, -0.1) is 13.2 Å². The van der Waals surface area contributed by atoms with E-state index in [0.29, 0.717) is 6.07 Å². The Morgan fingerprint density at radius 1 is 0.868 bits per heavy atom. The summed E-state index contributed by atoms with van der Waals surface area (Å²) in [5, 5.41) is 2.37. The number of benzene rings is 2. The molecule has 9 nitrogen and oxygen atoms in total. The minimum atomic E-state index is -5.02. The minimum absolute atomic E-state index is 0.0230. The Balaban J connectivity index is 2.08. The summed E-state index contributed by atoms with van der Waals surface area (Å²) in [7, 11) is 2.03. The average Bonchev–Trinajstić information content (AvgIpc) is 2.83. The summed E-state index contributed by atoms with van der Waals surface area (Å²) in [6, 6.07) is 6.23. The number of carbonyl (C=O) groups is 2. The van der Waals surface area contributed by atoms with E-state index in [-0.39, 0.29) is 22.9 Å². The molecule has 15 heteroatoms. The highest BCUT2D eigenvalue weighted by molar-refractivity contribution is 6.07. The van der Waals surface area contributed by atoms with Gasteiger partial charge in [0.25, 0.3) is 11.8 Å². The van der Waals surface area contributed by atoms with Crippen molar-refractivity contribution in [2.24, 2.45) is 5.73 Å². The van der Waals surface area contributed by atoms with Crippen LogP contribution in [0.1, 0.15) is 26.4 Å². The number of hydrogen-bond donors (Lipinski definition) is 2. The van der Waals surface area contributed by atoms with Crippen LogP contribution in [0.15, 0.2) is 48.7 Å². The van der Waals surface area contributed by atoms with E-state index in [0.717, 1.165) is 50.7 Å². The van der Waals surface area contributed by atoms with Crippen molar-refractivity contribution in [3.05, 3.63) is 65.5 Å². The van der Waals surface area contributed by atoms with Crippen molar-refractivity contribution in [3.8, 4) is 28.7 Å². The fourth-order valence-corrected chi connectivity index (χ4v) is 3.10. The van der Waals surface area contributed by atoms with Crippen LogP contribution in [0, 0.1) is 0 Å². The first-order valence-electron chi connectivity index (χ1n) is 10.2. The van der Waals surface area contributed by atoms with Gasteiger partial charge in [0.1, 0.15) is 28.5 Å². The fraction of sp³-hybridized carbons (Fsp3) is 0.174. The SMILES string of the molecule is COc1cc(OC(F)(F)F)ccc1Oc1cc(C(F)(F)F)c(OC)cc1C(=O)Nc1ccnc(C(N)=O)c1. The standard InChI is InChI=1S/C23H17F6N3O6/c1-35-18-9-13(21(34)32-11-5-6-31-15(7-11)20(30)33)17(10-14(18)22(24,25)26)37-16-4-3-12(8-19(16)36-2)38-23(27,28)29/h3-10H,1-2H3,(H2,30,33)(H,31,32,34). The predicted octanol–water partition coefficient (Wildman–Crippen LogP) is 5.16. The van der Waals surface area contributed by atoms with Crippen LogP contribution in [0.2, 0.25) is 0 Å². The van der Waals surface area contributed by atoms with Gasteiger partial charge >= 0.3 is 12.5 Å². The van der Waals surface area contributed by atoms with E-state index in [1.807, 2.05) is 0 Å². The topological polar surface area (TPSA) is 122 Å². The van der Waals surface area contributed by atoms with Gasteiger partial charge in [0.15, 0.2) is 11.5 Å². The molecule has 3 aromatic rings. The molecule has 2 aromatic carbocycles. The normalized spacial score (nSPS) is 11.5. The summed E-state index contributed by atoms with van der Waals surface area (Å²) in [6.45, 7) is 0. The molecule has 0 saturated heterocycles. The smallest absolute Gasteiger partial charge is 0.496 e. The van der Waals surface area contributed by atoms with Gasteiger partial charge in [0, 0.05) is 18.0 Å². The highest BCUT2D eigenvalue weighted by Crippen LogP contribution is 2.43. The van der Waals surface area contributed by atoms with Crippen molar-refractivity contribution in [2.75, 3.05) is 19.5 Å². The van der Waals surface area contributed by atoms with Gasteiger partial charge in [-0.05, 0) is 36.4 Å². The number of amides is 2. The van der Waals surface area contributed by atoms with Crippen molar-refractivity contribution in [2.45, 2.75) is 12.5 Å². The molecule has 0 spiro atoms. The van der Waals surface area contributed by atoms with Gasteiger partial charge < -0.3 is 30.0 Å². The first-order chi connectivity index (χ1) is 17.7. The molecule has 0 unspecified atom stereocenters. The van der Waals surface area contributed by atoms with Crippen LogP contribution in [0.25, 0.3) is 0 Å². The quantitative estimate of drug-likeness (QED) is 0.375. The van der Waals surface area contributed by atoms with Gasteiger partial charge in [0.05, 0.1) is 19.8 Å². The van der Waals surface area contributed by atoms with E-state index in [9.17, 15) is 35.9 Å². The monoisotopic (exact) mass is 545 g/mol. The van der Waals surface area contributed by atoms with Crippen LogP contribution in [0.3, 0.4) is 0 Å².